The van der Waals surface area contributed by atoms with Crippen LogP contribution in [0.4, 0.5) is 0 Å². The lowest BCUT2D eigenvalue weighted by Crippen LogP contribution is -2.27. The van der Waals surface area contributed by atoms with Gasteiger partial charge in [0.15, 0.2) is 11.5 Å². The van der Waals surface area contributed by atoms with Gasteiger partial charge in [-0.15, -0.1) is 11.6 Å². The number of hydrogen-bond acceptors (Lipinski definition) is 3. The van der Waals surface area contributed by atoms with Gasteiger partial charge in [-0.05, 0) is 31.0 Å². The summed E-state index contributed by atoms with van der Waals surface area (Å²) in [5.41, 5.74) is 0. The monoisotopic (exact) mass is 285 g/mol. The molecule has 0 aliphatic heterocycles. The Labute approximate surface area is 121 Å². The first-order valence-electron chi connectivity index (χ1n) is 6.84. The number of benzene rings is 1. The molecule has 1 unspecified atom stereocenters. The van der Waals surface area contributed by atoms with Crippen LogP contribution in [0.15, 0.2) is 24.3 Å². The van der Waals surface area contributed by atoms with Crippen molar-refractivity contribution in [3.8, 4) is 11.5 Å². The molecular formula is C15H24ClNO2. The fourth-order valence-electron chi connectivity index (χ4n) is 1.88. The average Bonchev–Trinajstić information content (AvgIpc) is 2.46. The van der Waals surface area contributed by atoms with Crippen LogP contribution in [-0.4, -0.2) is 32.7 Å². The number of rotatable bonds is 10. The first-order valence-corrected chi connectivity index (χ1v) is 7.37. The molecule has 0 aromatic heterocycles. The molecule has 1 aromatic carbocycles. The smallest absolute Gasteiger partial charge is 0.161 e. The maximum Gasteiger partial charge on any atom is 0.161 e. The van der Waals surface area contributed by atoms with Crippen LogP contribution in [0.2, 0.25) is 0 Å². The van der Waals surface area contributed by atoms with Crippen LogP contribution in [0.3, 0.4) is 0 Å². The summed E-state index contributed by atoms with van der Waals surface area (Å²) in [6, 6.07) is 7.69. The number of methoxy groups -OCH3 is 1. The van der Waals surface area contributed by atoms with Crippen molar-refractivity contribution >= 4 is 11.6 Å². The molecule has 1 aromatic rings. The van der Waals surface area contributed by atoms with Crippen molar-refractivity contribution in [3.05, 3.63) is 24.3 Å². The quantitative estimate of drug-likeness (QED) is 0.528. The van der Waals surface area contributed by atoms with E-state index in [1.54, 1.807) is 7.11 Å². The number of alkyl halides is 1. The van der Waals surface area contributed by atoms with Gasteiger partial charge in [-0.1, -0.05) is 25.5 Å². The fourth-order valence-corrected chi connectivity index (χ4v) is 2.19. The minimum Gasteiger partial charge on any atom is -0.493 e. The van der Waals surface area contributed by atoms with E-state index >= 15 is 0 Å². The Morgan fingerprint density at radius 3 is 2.63 bits per heavy atom. The highest BCUT2D eigenvalue weighted by atomic mass is 35.5. The van der Waals surface area contributed by atoms with E-state index in [2.05, 4.69) is 12.2 Å². The van der Waals surface area contributed by atoms with E-state index in [0.717, 1.165) is 43.3 Å². The highest BCUT2D eigenvalue weighted by molar-refractivity contribution is 6.17. The summed E-state index contributed by atoms with van der Waals surface area (Å²) in [4.78, 5) is 0. The number of halogens is 1. The molecule has 0 radical (unpaired) electrons. The van der Waals surface area contributed by atoms with Crippen LogP contribution in [0, 0.1) is 5.92 Å². The Balaban J connectivity index is 2.20. The van der Waals surface area contributed by atoms with E-state index in [4.69, 9.17) is 21.1 Å². The van der Waals surface area contributed by atoms with Crippen LogP contribution in [0.5, 0.6) is 11.5 Å². The van der Waals surface area contributed by atoms with Crippen molar-refractivity contribution in [2.45, 2.75) is 19.8 Å². The van der Waals surface area contributed by atoms with E-state index in [-0.39, 0.29) is 0 Å². The zero-order valence-electron chi connectivity index (χ0n) is 11.8. The molecule has 1 N–H and O–H groups in total. The van der Waals surface area contributed by atoms with E-state index < -0.39 is 0 Å². The van der Waals surface area contributed by atoms with Crippen molar-refractivity contribution in [1.29, 1.82) is 0 Å². The van der Waals surface area contributed by atoms with Crippen molar-refractivity contribution in [1.82, 2.24) is 5.32 Å². The van der Waals surface area contributed by atoms with Crippen molar-refractivity contribution in [2.24, 2.45) is 5.92 Å². The van der Waals surface area contributed by atoms with Crippen LogP contribution >= 0.6 is 11.6 Å². The van der Waals surface area contributed by atoms with Gasteiger partial charge in [-0.2, -0.15) is 0 Å². The molecule has 0 saturated heterocycles. The van der Waals surface area contributed by atoms with Crippen LogP contribution in [0.25, 0.3) is 0 Å². The second-order valence-corrected chi connectivity index (χ2v) is 4.83. The second-order valence-electron chi connectivity index (χ2n) is 4.46. The predicted octanol–water partition coefficient (Wildman–Crippen LogP) is 3.32. The molecule has 3 nitrogen and oxygen atoms in total. The number of ether oxygens (including phenoxy) is 2. The molecular weight excluding hydrogens is 262 g/mol. The van der Waals surface area contributed by atoms with Gasteiger partial charge < -0.3 is 14.8 Å². The second kappa shape index (κ2) is 9.93. The third-order valence-electron chi connectivity index (χ3n) is 3.13. The van der Waals surface area contributed by atoms with Gasteiger partial charge in [0.05, 0.1) is 7.11 Å². The Hall–Kier alpha value is -0.930. The topological polar surface area (TPSA) is 30.5 Å². The molecule has 108 valence electrons. The summed E-state index contributed by atoms with van der Waals surface area (Å²) >= 11 is 5.76. The third kappa shape index (κ3) is 6.17. The summed E-state index contributed by atoms with van der Waals surface area (Å²) in [7, 11) is 1.65. The van der Waals surface area contributed by atoms with Gasteiger partial charge in [0, 0.05) is 12.4 Å². The Morgan fingerprint density at radius 1 is 1.26 bits per heavy atom. The largest absolute Gasteiger partial charge is 0.493 e. The third-order valence-corrected chi connectivity index (χ3v) is 3.35. The van der Waals surface area contributed by atoms with Gasteiger partial charge in [0.25, 0.3) is 0 Å². The summed E-state index contributed by atoms with van der Waals surface area (Å²) in [6.07, 6.45) is 2.23. The maximum absolute atomic E-state index is 5.76. The molecule has 1 rings (SSSR count). The van der Waals surface area contributed by atoms with Crippen LogP contribution in [-0.2, 0) is 0 Å². The lowest BCUT2D eigenvalue weighted by Gasteiger charge is -2.15. The maximum atomic E-state index is 5.76. The minimum absolute atomic E-state index is 0.637. The average molecular weight is 286 g/mol. The minimum atomic E-state index is 0.637. The first kappa shape index (κ1) is 16.1. The van der Waals surface area contributed by atoms with Gasteiger partial charge in [-0.3, -0.25) is 0 Å². The Bertz CT molecular complexity index is 347. The molecule has 0 fully saturated rings. The molecule has 0 aliphatic rings. The molecule has 4 heteroatoms. The molecule has 0 aliphatic carbocycles. The van der Waals surface area contributed by atoms with E-state index in [1.807, 2.05) is 24.3 Å². The van der Waals surface area contributed by atoms with E-state index in [9.17, 15) is 0 Å². The fraction of sp³-hybridized carbons (Fsp3) is 0.600. The molecule has 0 spiro atoms. The van der Waals surface area contributed by atoms with Gasteiger partial charge >= 0.3 is 0 Å². The molecule has 0 bridgehead atoms. The summed E-state index contributed by atoms with van der Waals surface area (Å²) in [6.45, 7) is 4.66. The zero-order valence-corrected chi connectivity index (χ0v) is 12.6. The number of nitrogens with one attached hydrogen (secondary N) is 1. The molecule has 0 heterocycles. The summed E-state index contributed by atoms with van der Waals surface area (Å²) < 4.78 is 10.9. The number of para-hydroxylation sites is 2. The lowest BCUT2D eigenvalue weighted by molar-refractivity contribution is 0.288. The SMILES string of the molecule is CCC(CCCl)CNCCOc1ccccc1OC. The van der Waals surface area contributed by atoms with Crippen molar-refractivity contribution in [3.63, 3.8) is 0 Å². The lowest BCUT2D eigenvalue weighted by atomic mass is 10.0. The Kier molecular flexibility index (Phi) is 8.43. The van der Waals surface area contributed by atoms with Gasteiger partial charge in [0.1, 0.15) is 6.61 Å². The first-order chi connectivity index (χ1) is 9.31. The molecule has 0 amide bonds. The highest BCUT2D eigenvalue weighted by Gasteiger charge is 2.05. The van der Waals surface area contributed by atoms with Crippen molar-refractivity contribution in [2.75, 3.05) is 32.7 Å². The molecule has 0 saturated carbocycles. The van der Waals surface area contributed by atoms with Gasteiger partial charge in [0.2, 0.25) is 0 Å². The molecule has 1 atom stereocenters. The normalized spacial score (nSPS) is 12.2. The number of hydrogen-bond donors (Lipinski definition) is 1. The summed E-state index contributed by atoms with van der Waals surface area (Å²) in [5, 5.41) is 3.40. The summed E-state index contributed by atoms with van der Waals surface area (Å²) in [5.74, 6) is 2.96. The van der Waals surface area contributed by atoms with Crippen LogP contribution < -0.4 is 14.8 Å². The van der Waals surface area contributed by atoms with Gasteiger partial charge in [-0.25, -0.2) is 0 Å². The Morgan fingerprint density at radius 2 is 2.00 bits per heavy atom. The van der Waals surface area contributed by atoms with E-state index in [1.165, 1.54) is 0 Å². The highest BCUT2D eigenvalue weighted by Crippen LogP contribution is 2.25. The zero-order chi connectivity index (χ0) is 13.9. The van der Waals surface area contributed by atoms with E-state index in [0.29, 0.717) is 12.5 Å². The van der Waals surface area contributed by atoms with Crippen LogP contribution in [0.1, 0.15) is 19.8 Å². The molecule has 19 heavy (non-hydrogen) atoms. The van der Waals surface area contributed by atoms with Crippen molar-refractivity contribution < 1.29 is 9.47 Å². The predicted molar refractivity (Wildman–Crippen MR) is 80.5 cm³/mol. The standard InChI is InChI=1S/C15H24ClNO2/c1-3-13(8-9-16)12-17-10-11-19-15-7-5-4-6-14(15)18-2/h4-7,13,17H,3,8-12H2,1-2H3.